The molecular formula is C33H44N2O4S. The fourth-order valence-corrected chi connectivity index (χ4v) is 6.09. The summed E-state index contributed by atoms with van der Waals surface area (Å²) in [7, 11) is 0. The molecule has 1 aliphatic rings. The van der Waals surface area contributed by atoms with E-state index < -0.39 is 0 Å². The van der Waals surface area contributed by atoms with Crippen LogP contribution in [0.4, 0.5) is 0 Å². The van der Waals surface area contributed by atoms with Crippen LogP contribution in [0.1, 0.15) is 71.1 Å². The van der Waals surface area contributed by atoms with E-state index in [1.807, 2.05) is 18.7 Å². The first-order valence-corrected chi connectivity index (χ1v) is 16.0. The third kappa shape index (κ3) is 9.50. The Kier molecular flexibility index (Phi) is 13.1. The summed E-state index contributed by atoms with van der Waals surface area (Å²) in [5.74, 6) is 0.962. The molecule has 1 saturated heterocycles. The van der Waals surface area contributed by atoms with Crippen molar-refractivity contribution in [3.8, 4) is 22.5 Å². The zero-order chi connectivity index (χ0) is 27.8. The summed E-state index contributed by atoms with van der Waals surface area (Å²) in [6.07, 6.45) is 10.2. The van der Waals surface area contributed by atoms with Crippen molar-refractivity contribution in [2.45, 2.75) is 89.1 Å². The third-order valence-electron chi connectivity index (χ3n) is 7.10. The van der Waals surface area contributed by atoms with Gasteiger partial charge in [-0.2, -0.15) is 0 Å². The lowest BCUT2D eigenvalue weighted by molar-refractivity contribution is -0.143. The van der Waals surface area contributed by atoms with E-state index in [0.29, 0.717) is 13.0 Å². The Morgan fingerprint density at radius 3 is 2.25 bits per heavy atom. The van der Waals surface area contributed by atoms with Crippen LogP contribution in [-0.4, -0.2) is 47.4 Å². The quantitative estimate of drug-likeness (QED) is 0.0883. The van der Waals surface area contributed by atoms with E-state index in [0.717, 1.165) is 93.3 Å². The number of ether oxygens (including phenoxy) is 3. The summed E-state index contributed by atoms with van der Waals surface area (Å²) in [6, 6.07) is 21.2. The second-order valence-corrected chi connectivity index (χ2v) is 11.2. The number of unbranched alkanes of at least 4 members (excludes halogenated alkanes) is 6. The maximum absolute atomic E-state index is 11.6. The average molecular weight is 565 g/mol. The highest BCUT2D eigenvalue weighted by atomic mass is 32.2. The minimum absolute atomic E-state index is 0.00132. The van der Waals surface area contributed by atoms with Crippen LogP contribution in [0.15, 0.2) is 65.8 Å². The van der Waals surface area contributed by atoms with Gasteiger partial charge in [0.1, 0.15) is 0 Å². The van der Waals surface area contributed by atoms with Crippen molar-refractivity contribution >= 4 is 17.7 Å². The van der Waals surface area contributed by atoms with Crippen molar-refractivity contribution in [2.24, 2.45) is 0 Å². The molecular weight excluding hydrogens is 520 g/mol. The van der Waals surface area contributed by atoms with E-state index in [4.69, 9.17) is 19.2 Å². The van der Waals surface area contributed by atoms with Crippen molar-refractivity contribution in [1.29, 1.82) is 0 Å². The average Bonchev–Trinajstić information content (AvgIpc) is 3.63. The summed E-state index contributed by atoms with van der Waals surface area (Å²) in [5, 5.41) is 1.10. The minimum atomic E-state index is -0.0799. The van der Waals surface area contributed by atoms with Gasteiger partial charge in [-0.3, -0.25) is 4.79 Å². The summed E-state index contributed by atoms with van der Waals surface area (Å²) in [4.78, 5) is 16.8. The van der Waals surface area contributed by atoms with E-state index in [1.165, 1.54) is 17.7 Å². The predicted octanol–water partition coefficient (Wildman–Crippen LogP) is 8.15. The van der Waals surface area contributed by atoms with E-state index in [2.05, 4.69) is 65.2 Å². The lowest BCUT2D eigenvalue weighted by Gasteiger charge is -2.13. The van der Waals surface area contributed by atoms with Crippen LogP contribution in [0, 0.1) is 0 Å². The largest absolute Gasteiger partial charge is 0.466 e. The Labute approximate surface area is 243 Å². The molecule has 0 amide bonds. The molecule has 0 atom stereocenters. The van der Waals surface area contributed by atoms with Crippen molar-refractivity contribution in [3.05, 3.63) is 60.7 Å². The first-order chi connectivity index (χ1) is 19.8. The number of nitrogens with zero attached hydrogens (tertiary/aromatic N) is 2. The molecule has 1 aromatic heterocycles. The highest BCUT2D eigenvalue weighted by molar-refractivity contribution is 7.99. The van der Waals surface area contributed by atoms with Gasteiger partial charge in [0.2, 0.25) is 0 Å². The number of thioether (sulfide) groups is 1. The van der Waals surface area contributed by atoms with Crippen LogP contribution >= 0.6 is 11.8 Å². The molecule has 40 heavy (non-hydrogen) atoms. The molecule has 2 heterocycles. The molecule has 3 aromatic rings. The molecule has 0 N–H and O–H groups in total. The first-order valence-electron chi connectivity index (χ1n) is 15.0. The summed E-state index contributed by atoms with van der Waals surface area (Å²) >= 11 is 1.87. The molecule has 1 aliphatic heterocycles. The number of benzene rings is 2. The predicted molar refractivity (Wildman–Crippen MR) is 162 cm³/mol. The topological polar surface area (TPSA) is 62.6 Å². The van der Waals surface area contributed by atoms with Crippen molar-refractivity contribution in [3.63, 3.8) is 0 Å². The van der Waals surface area contributed by atoms with Gasteiger partial charge >= 0.3 is 5.97 Å². The van der Waals surface area contributed by atoms with E-state index in [-0.39, 0.29) is 12.3 Å². The Morgan fingerprint density at radius 2 is 1.52 bits per heavy atom. The van der Waals surface area contributed by atoms with Gasteiger partial charge in [0, 0.05) is 29.8 Å². The Morgan fingerprint density at radius 1 is 0.875 bits per heavy atom. The summed E-state index contributed by atoms with van der Waals surface area (Å²) in [6.45, 7) is 4.70. The van der Waals surface area contributed by atoms with Crippen LogP contribution in [0.3, 0.4) is 0 Å². The fraction of sp³-hybridized carbons (Fsp3) is 0.515. The molecule has 0 saturated carbocycles. The smallest absolute Gasteiger partial charge is 0.305 e. The Balaban J connectivity index is 1.41. The van der Waals surface area contributed by atoms with Crippen LogP contribution in [0.2, 0.25) is 0 Å². The summed E-state index contributed by atoms with van der Waals surface area (Å²) in [5.41, 5.74) is 4.61. The zero-order valence-corrected chi connectivity index (χ0v) is 24.7. The van der Waals surface area contributed by atoms with E-state index in [9.17, 15) is 4.79 Å². The number of carbonyl (C=O) groups excluding carboxylic acids is 1. The van der Waals surface area contributed by atoms with Gasteiger partial charge in [-0.15, -0.1) is 0 Å². The minimum Gasteiger partial charge on any atom is -0.466 e. The molecule has 0 unspecified atom stereocenters. The van der Waals surface area contributed by atoms with Crippen molar-refractivity contribution in [2.75, 3.05) is 25.6 Å². The maximum atomic E-state index is 11.6. The molecule has 0 spiro atoms. The number of rotatable bonds is 18. The fourth-order valence-electron chi connectivity index (χ4n) is 5.07. The first kappa shape index (κ1) is 30.4. The molecule has 2 aromatic carbocycles. The number of esters is 1. The van der Waals surface area contributed by atoms with Gasteiger partial charge in [-0.05, 0) is 39.0 Å². The molecule has 4 rings (SSSR count). The van der Waals surface area contributed by atoms with Crippen LogP contribution in [0.5, 0.6) is 0 Å². The monoisotopic (exact) mass is 564 g/mol. The highest BCUT2D eigenvalue weighted by Gasteiger charge is 2.20. The van der Waals surface area contributed by atoms with Crippen LogP contribution in [0.25, 0.3) is 22.5 Å². The second kappa shape index (κ2) is 17.3. The second-order valence-electron chi connectivity index (χ2n) is 10.2. The van der Waals surface area contributed by atoms with Crippen molar-refractivity contribution < 1.29 is 19.0 Å². The van der Waals surface area contributed by atoms with Gasteiger partial charge in [0.05, 0.1) is 31.2 Å². The molecule has 0 radical (unpaired) electrons. The third-order valence-corrected chi connectivity index (χ3v) is 8.16. The zero-order valence-electron chi connectivity index (χ0n) is 23.9. The molecule has 7 heteroatoms. The normalized spacial score (nSPS) is 13.6. The number of imidazole rings is 1. The standard InChI is InChI=1S/C33H44N2O4S/c1-2-37-29(36)21-13-4-3-5-15-23-35-32(28-19-11-7-12-20-28)31(27-17-9-6-10-18-27)34-33(35)40-26-16-8-14-22-30-38-24-25-39-30/h6-7,9-12,17-20,30H,2-5,8,13-16,21-26H2,1H3. The molecule has 1 fully saturated rings. The Hall–Kier alpha value is -2.61. The highest BCUT2D eigenvalue weighted by Crippen LogP contribution is 2.36. The van der Waals surface area contributed by atoms with Crippen molar-refractivity contribution in [1.82, 2.24) is 9.55 Å². The molecule has 216 valence electrons. The van der Waals surface area contributed by atoms with Gasteiger partial charge in [0.25, 0.3) is 0 Å². The van der Waals surface area contributed by atoms with Crippen LogP contribution in [-0.2, 0) is 25.5 Å². The van der Waals surface area contributed by atoms with Gasteiger partial charge in [-0.1, -0.05) is 98.1 Å². The molecule has 6 nitrogen and oxygen atoms in total. The van der Waals surface area contributed by atoms with Gasteiger partial charge in [0.15, 0.2) is 11.4 Å². The lowest BCUT2D eigenvalue weighted by Crippen LogP contribution is -2.06. The Bertz CT molecular complexity index is 1130. The lowest BCUT2D eigenvalue weighted by atomic mass is 10.0. The molecule has 0 bridgehead atoms. The van der Waals surface area contributed by atoms with E-state index in [1.54, 1.807) is 0 Å². The number of hydrogen-bond donors (Lipinski definition) is 0. The van der Waals surface area contributed by atoms with Gasteiger partial charge < -0.3 is 18.8 Å². The van der Waals surface area contributed by atoms with Crippen LogP contribution < -0.4 is 0 Å². The summed E-state index contributed by atoms with van der Waals surface area (Å²) < 4.78 is 18.6. The number of carbonyl (C=O) groups is 1. The number of hydrogen-bond acceptors (Lipinski definition) is 6. The van der Waals surface area contributed by atoms with E-state index >= 15 is 0 Å². The maximum Gasteiger partial charge on any atom is 0.305 e. The van der Waals surface area contributed by atoms with Gasteiger partial charge in [-0.25, -0.2) is 4.98 Å². The SMILES string of the molecule is CCOC(=O)CCCCCCCn1c(SCCCCCC2OCCO2)nc(-c2ccccc2)c1-c1ccccc1. The number of aromatic nitrogens is 2. The molecule has 0 aliphatic carbocycles.